The highest BCUT2D eigenvalue weighted by molar-refractivity contribution is 6.42. The van der Waals surface area contributed by atoms with Crippen LogP contribution in [0.1, 0.15) is 11.1 Å². The van der Waals surface area contributed by atoms with Gasteiger partial charge in [0.1, 0.15) is 12.4 Å². The van der Waals surface area contributed by atoms with E-state index in [9.17, 15) is 4.79 Å². The second-order valence-corrected chi connectivity index (χ2v) is 6.10. The first kappa shape index (κ1) is 15.2. The third-order valence-electron chi connectivity index (χ3n) is 3.62. The third kappa shape index (κ3) is 3.06. The fraction of sp³-hybridized carbons (Fsp3) is 0.235. The van der Waals surface area contributed by atoms with Crippen molar-refractivity contribution in [1.29, 1.82) is 0 Å². The standard InChI is InChI=1S/C17H15Cl2NO2/c1-11-2-5-16-15(8-11)20(6-7-22-16)17(21)10-12-3-4-13(18)14(19)9-12/h2-5,8-9H,6-7,10H2,1H3. The zero-order valence-corrected chi connectivity index (χ0v) is 13.6. The molecule has 0 radical (unpaired) electrons. The molecule has 5 heteroatoms. The van der Waals surface area contributed by atoms with Gasteiger partial charge in [-0.3, -0.25) is 4.79 Å². The summed E-state index contributed by atoms with van der Waals surface area (Å²) in [5.74, 6) is 0.771. The van der Waals surface area contributed by atoms with Crippen LogP contribution >= 0.6 is 23.2 Å². The highest BCUT2D eigenvalue weighted by Gasteiger charge is 2.23. The topological polar surface area (TPSA) is 29.5 Å². The van der Waals surface area contributed by atoms with Crippen molar-refractivity contribution in [3.8, 4) is 5.75 Å². The Kier molecular flexibility index (Phi) is 4.27. The van der Waals surface area contributed by atoms with Gasteiger partial charge in [-0.15, -0.1) is 0 Å². The molecule has 0 unspecified atom stereocenters. The van der Waals surface area contributed by atoms with Crippen molar-refractivity contribution >= 4 is 34.8 Å². The Bertz CT molecular complexity index is 731. The van der Waals surface area contributed by atoms with E-state index in [1.807, 2.05) is 31.2 Å². The first-order chi connectivity index (χ1) is 10.5. The minimum atomic E-state index is 0.0218. The van der Waals surface area contributed by atoms with E-state index in [1.54, 1.807) is 17.0 Å². The highest BCUT2D eigenvalue weighted by atomic mass is 35.5. The molecule has 0 fully saturated rings. The number of carbonyl (C=O) groups is 1. The van der Waals surface area contributed by atoms with Gasteiger partial charge in [-0.1, -0.05) is 35.3 Å². The largest absolute Gasteiger partial charge is 0.490 e. The monoisotopic (exact) mass is 335 g/mol. The molecule has 0 aliphatic carbocycles. The summed E-state index contributed by atoms with van der Waals surface area (Å²) >= 11 is 11.9. The molecular weight excluding hydrogens is 321 g/mol. The van der Waals surface area contributed by atoms with Crippen LogP contribution in [-0.2, 0) is 11.2 Å². The molecule has 0 aromatic heterocycles. The number of benzene rings is 2. The lowest BCUT2D eigenvalue weighted by molar-refractivity contribution is -0.118. The van der Waals surface area contributed by atoms with E-state index >= 15 is 0 Å². The Balaban J connectivity index is 1.84. The molecule has 3 rings (SSSR count). The summed E-state index contributed by atoms with van der Waals surface area (Å²) in [6, 6.07) is 11.1. The zero-order valence-electron chi connectivity index (χ0n) is 12.1. The Hall–Kier alpha value is -1.71. The molecule has 0 bridgehead atoms. The fourth-order valence-electron chi connectivity index (χ4n) is 2.51. The van der Waals surface area contributed by atoms with Crippen molar-refractivity contribution in [3.63, 3.8) is 0 Å². The number of ether oxygens (including phenoxy) is 1. The summed E-state index contributed by atoms with van der Waals surface area (Å²) in [4.78, 5) is 14.4. The average molecular weight is 336 g/mol. The molecule has 0 atom stereocenters. The Morgan fingerprint density at radius 2 is 2.00 bits per heavy atom. The average Bonchev–Trinajstić information content (AvgIpc) is 2.50. The van der Waals surface area contributed by atoms with Crippen LogP contribution in [-0.4, -0.2) is 19.1 Å². The Morgan fingerprint density at radius 3 is 2.77 bits per heavy atom. The van der Waals surface area contributed by atoms with Crippen LogP contribution in [0.15, 0.2) is 36.4 Å². The van der Waals surface area contributed by atoms with Crippen molar-refractivity contribution < 1.29 is 9.53 Å². The maximum Gasteiger partial charge on any atom is 0.231 e. The van der Waals surface area contributed by atoms with Crippen LogP contribution in [0, 0.1) is 6.92 Å². The van der Waals surface area contributed by atoms with E-state index in [-0.39, 0.29) is 12.3 Å². The van der Waals surface area contributed by atoms with E-state index in [2.05, 4.69) is 0 Å². The number of anilines is 1. The van der Waals surface area contributed by atoms with Gasteiger partial charge in [-0.25, -0.2) is 0 Å². The number of nitrogens with zero attached hydrogens (tertiary/aromatic N) is 1. The first-order valence-corrected chi connectivity index (χ1v) is 7.78. The van der Waals surface area contributed by atoms with Gasteiger partial charge in [0.15, 0.2) is 0 Å². The van der Waals surface area contributed by atoms with Crippen molar-refractivity contribution in [3.05, 3.63) is 57.6 Å². The summed E-state index contributed by atoms with van der Waals surface area (Å²) in [6.45, 7) is 3.05. The number of halogens is 2. The smallest absolute Gasteiger partial charge is 0.231 e. The van der Waals surface area contributed by atoms with Gasteiger partial charge in [-0.2, -0.15) is 0 Å². The number of hydrogen-bond donors (Lipinski definition) is 0. The summed E-state index contributed by atoms with van der Waals surface area (Å²) in [7, 11) is 0. The molecule has 1 amide bonds. The van der Waals surface area contributed by atoms with Crippen LogP contribution < -0.4 is 9.64 Å². The number of rotatable bonds is 2. The molecule has 2 aromatic rings. The minimum Gasteiger partial charge on any atom is -0.490 e. The predicted molar refractivity (Wildman–Crippen MR) is 89.2 cm³/mol. The molecule has 3 nitrogen and oxygen atoms in total. The maximum atomic E-state index is 12.6. The number of carbonyl (C=O) groups excluding carboxylic acids is 1. The molecule has 114 valence electrons. The second-order valence-electron chi connectivity index (χ2n) is 5.29. The van der Waals surface area contributed by atoms with Crippen molar-refractivity contribution in [2.24, 2.45) is 0 Å². The van der Waals surface area contributed by atoms with Crippen LogP contribution in [0.2, 0.25) is 10.0 Å². The van der Waals surface area contributed by atoms with Crippen molar-refractivity contribution in [2.75, 3.05) is 18.1 Å². The Labute approximate surface area is 139 Å². The summed E-state index contributed by atoms with van der Waals surface area (Å²) in [6.07, 6.45) is 0.282. The molecule has 0 N–H and O–H groups in total. The number of amides is 1. The summed E-state index contributed by atoms with van der Waals surface area (Å²) in [5, 5.41) is 0.954. The summed E-state index contributed by atoms with van der Waals surface area (Å²) in [5.41, 5.74) is 2.77. The van der Waals surface area contributed by atoms with Crippen LogP contribution in [0.5, 0.6) is 5.75 Å². The van der Waals surface area contributed by atoms with E-state index in [0.29, 0.717) is 23.2 Å². The van der Waals surface area contributed by atoms with Crippen molar-refractivity contribution in [2.45, 2.75) is 13.3 Å². The van der Waals surface area contributed by atoms with Crippen LogP contribution in [0.25, 0.3) is 0 Å². The SMILES string of the molecule is Cc1ccc2c(c1)N(C(=O)Cc1ccc(Cl)c(Cl)c1)CCO2. The normalized spacial score (nSPS) is 13.5. The van der Waals surface area contributed by atoms with E-state index in [0.717, 1.165) is 22.6 Å². The van der Waals surface area contributed by atoms with Gasteiger partial charge >= 0.3 is 0 Å². The van der Waals surface area contributed by atoms with Crippen LogP contribution in [0.3, 0.4) is 0 Å². The van der Waals surface area contributed by atoms with E-state index in [1.165, 1.54) is 0 Å². The molecule has 1 heterocycles. The molecule has 0 saturated heterocycles. The lowest BCUT2D eigenvalue weighted by atomic mass is 10.1. The number of aryl methyl sites for hydroxylation is 1. The Morgan fingerprint density at radius 1 is 1.18 bits per heavy atom. The van der Waals surface area contributed by atoms with Gasteiger partial charge in [0.05, 0.1) is 28.7 Å². The second kappa shape index (κ2) is 6.19. The van der Waals surface area contributed by atoms with Gasteiger partial charge < -0.3 is 9.64 Å². The molecule has 2 aromatic carbocycles. The number of fused-ring (bicyclic) bond motifs is 1. The van der Waals surface area contributed by atoms with Crippen LogP contribution in [0.4, 0.5) is 5.69 Å². The molecular formula is C17H15Cl2NO2. The quantitative estimate of drug-likeness (QED) is 0.820. The lowest BCUT2D eigenvalue weighted by Crippen LogP contribution is -2.38. The molecule has 1 aliphatic rings. The van der Waals surface area contributed by atoms with Gasteiger partial charge in [0.25, 0.3) is 0 Å². The predicted octanol–water partition coefficient (Wildman–Crippen LogP) is 4.27. The van der Waals surface area contributed by atoms with Gasteiger partial charge in [0.2, 0.25) is 5.91 Å². The number of hydrogen-bond acceptors (Lipinski definition) is 2. The third-order valence-corrected chi connectivity index (χ3v) is 4.36. The van der Waals surface area contributed by atoms with Gasteiger partial charge in [0, 0.05) is 0 Å². The minimum absolute atomic E-state index is 0.0218. The first-order valence-electron chi connectivity index (χ1n) is 7.02. The summed E-state index contributed by atoms with van der Waals surface area (Å²) < 4.78 is 5.61. The molecule has 1 aliphatic heterocycles. The fourth-order valence-corrected chi connectivity index (χ4v) is 2.83. The maximum absolute atomic E-state index is 12.6. The van der Waals surface area contributed by atoms with E-state index in [4.69, 9.17) is 27.9 Å². The lowest BCUT2D eigenvalue weighted by Gasteiger charge is -2.30. The highest BCUT2D eigenvalue weighted by Crippen LogP contribution is 2.33. The van der Waals surface area contributed by atoms with E-state index < -0.39 is 0 Å². The zero-order chi connectivity index (χ0) is 15.7. The molecule has 0 spiro atoms. The molecule has 0 saturated carbocycles. The molecule has 22 heavy (non-hydrogen) atoms. The van der Waals surface area contributed by atoms with Crippen molar-refractivity contribution in [1.82, 2.24) is 0 Å². The van der Waals surface area contributed by atoms with Gasteiger partial charge in [-0.05, 0) is 42.3 Å².